The van der Waals surface area contributed by atoms with Gasteiger partial charge in [0, 0.05) is 42.1 Å². The second kappa shape index (κ2) is 251. The fourth-order valence-electron chi connectivity index (χ4n) is 0. The van der Waals surface area contributed by atoms with Crippen LogP contribution in [-0.2, 0) is 91.4 Å². The molecule has 0 unspecified atom stereocenters. The minimum atomic E-state index is 0. The Morgan fingerprint density at radius 2 is 0.231 bits per heavy atom. The fraction of sp³-hybridized carbons (Fsp3) is 0. The van der Waals surface area contributed by atoms with Crippen LogP contribution >= 0.6 is 0 Å². The molecule has 0 atom stereocenters. The molecule has 0 spiro atoms. The largest absolute Gasteiger partial charge is 3.00 e. The number of rotatable bonds is 0. The summed E-state index contributed by atoms with van der Waals surface area (Å²) in [5, 5.41) is 0. The van der Waals surface area contributed by atoms with Gasteiger partial charge in [0.25, 0.3) is 0 Å². The van der Waals surface area contributed by atoms with Crippen molar-refractivity contribution >= 4 is 0 Å². The first-order valence-corrected chi connectivity index (χ1v) is 0. The molecular weight excluding hydrogens is 650 g/mol. The van der Waals surface area contributed by atoms with Crippen molar-refractivity contribution in [1.82, 2.24) is 0 Å². The van der Waals surface area contributed by atoms with Gasteiger partial charge in [-0.25, -0.2) is 0 Å². The molecule has 0 rings (SSSR count). The Kier molecular flexibility index (Phi) is 5870. The van der Waals surface area contributed by atoms with Gasteiger partial charge < -0.3 is 49.3 Å². The van der Waals surface area contributed by atoms with Crippen LogP contribution in [0.2, 0.25) is 0 Å². The maximum Gasteiger partial charge on any atom is 3.00 e. The summed E-state index contributed by atoms with van der Waals surface area (Å²) in [4.78, 5) is 0. The van der Waals surface area contributed by atoms with Gasteiger partial charge in [0.05, 0.1) is 0 Å². The van der Waals surface area contributed by atoms with Crippen molar-refractivity contribution in [3.8, 4) is 0 Å². The zero-order valence-corrected chi connectivity index (χ0v) is 13.7. The average Bonchev–Trinajstić information content (AvgIpc) is 0. The molecule has 0 fully saturated rings. The molecule has 0 aliphatic heterocycles. The number of hydrogen-bond donors (Lipinski definition) is 0. The predicted molar refractivity (Wildman–Crippen MR) is 6.18 cm³/mol. The molecule has 0 heterocycles. The predicted octanol–water partition coefficient (Wildman–Crippen LogP) is -1.07. The van der Waals surface area contributed by atoms with Crippen LogP contribution in [0.1, 0.15) is 0 Å². The first kappa shape index (κ1) is 304. The molecular formula is Gd2Mo2O9-12. The standard InChI is InChI=1S/2Gd.2Mo.9O/q2*+3;;;9*-2. The maximum absolute atomic E-state index is 0. The zero-order valence-electron chi connectivity index (χ0n) is 5.20. The molecule has 0 aliphatic carbocycles. The van der Waals surface area contributed by atoms with Gasteiger partial charge in [0.15, 0.2) is 0 Å². The fourth-order valence-corrected chi connectivity index (χ4v) is 0. The minimum Gasteiger partial charge on any atom is -2.00 e. The summed E-state index contributed by atoms with van der Waals surface area (Å²) in [6.07, 6.45) is 0. The summed E-state index contributed by atoms with van der Waals surface area (Å²) >= 11 is 0. The van der Waals surface area contributed by atoms with Gasteiger partial charge in [-0.3, -0.25) is 0 Å². The van der Waals surface area contributed by atoms with Crippen molar-refractivity contribution in [3.63, 3.8) is 0 Å². The normalized spacial score (nSPS) is 0. The molecule has 9 nitrogen and oxygen atoms in total. The molecule has 0 saturated heterocycles. The van der Waals surface area contributed by atoms with E-state index in [0.29, 0.717) is 0 Å². The third-order valence-electron chi connectivity index (χ3n) is 0. The third kappa shape index (κ3) is 218. The van der Waals surface area contributed by atoms with E-state index in [1.54, 1.807) is 0 Å². The van der Waals surface area contributed by atoms with Crippen LogP contribution in [0, 0.1) is 79.9 Å². The van der Waals surface area contributed by atoms with E-state index in [4.69, 9.17) is 0 Å². The smallest absolute Gasteiger partial charge is 2.00 e. The van der Waals surface area contributed by atoms with Gasteiger partial charge in [0.1, 0.15) is 0 Å². The molecule has 94 valence electrons. The molecule has 13 heavy (non-hydrogen) atoms. The van der Waals surface area contributed by atoms with Crippen molar-refractivity contribution in [1.29, 1.82) is 0 Å². The second-order valence-electron chi connectivity index (χ2n) is 0. The SMILES string of the molecule is [Gd+3].[Gd+3].[Mo].[Mo].[O-2].[O-2].[O-2].[O-2].[O-2].[O-2].[O-2].[O-2].[O-2]. The first-order valence-electron chi connectivity index (χ1n) is 0. The molecule has 0 N–H and O–H groups in total. The van der Waals surface area contributed by atoms with Gasteiger partial charge >= 0.3 is 79.9 Å². The summed E-state index contributed by atoms with van der Waals surface area (Å²) in [5.74, 6) is 0. The second-order valence-corrected chi connectivity index (χ2v) is 0. The Balaban J connectivity index is 0. The Labute approximate surface area is 168 Å². The molecule has 13 heteroatoms. The molecule has 0 saturated carbocycles. The van der Waals surface area contributed by atoms with Crippen molar-refractivity contribution < 1.29 is 171 Å². The van der Waals surface area contributed by atoms with Crippen molar-refractivity contribution in [3.05, 3.63) is 0 Å². The van der Waals surface area contributed by atoms with Crippen LogP contribution < -0.4 is 0 Å². The van der Waals surface area contributed by atoms with Crippen molar-refractivity contribution in [2.75, 3.05) is 0 Å². The van der Waals surface area contributed by atoms with Crippen LogP contribution in [0.15, 0.2) is 0 Å². The molecule has 0 aliphatic rings. The Bertz CT molecular complexity index is 15.6. The summed E-state index contributed by atoms with van der Waals surface area (Å²) in [7, 11) is 0. The molecule has 0 bridgehead atoms. The van der Waals surface area contributed by atoms with Crippen LogP contribution in [-0.4, -0.2) is 0 Å². The maximum atomic E-state index is 0. The Morgan fingerprint density at radius 3 is 0.231 bits per heavy atom. The van der Waals surface area contributed by atoms with E-state index in [9.17, 15) is 0 Å². The van der Waals surface area contributed by atoms with Crippen LogP contribution in [0.5, 0.6) is 0 Å². The van der Waals surface area contributed by atoms with E-state index in [0.717, 1.165) is 0 Å². The van der Waals surface area contributed by atoms with Crippen molar-refractivity contribution in [2.45, 2.75) is 0 Å². The molecule has 2 radical (unpaired) electrons. The summed E-state index contributed by atoms with van der Waals surface area (Å²) in [5.41, 5.74) is 0. The first-order chi connectivity index (χ1) is 0. The van der Waals surface area contributed by atoms with Crippen molar-refractivity contribution in [2.24, 2.45) is 0 Å². The average molecular weight is 650 g/mol. The quantitative estimate of drug-likeness (QED) is 0.284. The summed E-state index contributed by atoms with van der Waals surface area (Å²) < 4.78 is 0. The molecule has 0 aromatic carbocycles. The zero-order chi connectivity index (χ0) is 0. The third-order valence-corrected chi connectivity index (χ3v) is 0. The van der Waals surface area contributed by atoms with E-state index in [-0.39, 0.29) is 171 Å². The molecule has 0 aromatic rings. The van der Waals surface area contributed by atoms with Crippen LogP contribution in [0.4, 0.5) is 0 Å². The van der Waals surface area contributed by atoms with Crippen LogP contribution in [0.25, 0.3) is 0 Å². The van der Waals surface area contributed by atoms with Gasteiger partial charge in [-0.1, -0.05) is 0 Å². The van der Waals surface area contributed by atoms with Gasteiger partial charge in [-0.05, 0) is 0 Å². The monoisotopic (exact) mass is 656 g/mol. The van der Waals surface area contributed by atoms with E-state index < -0.39 is 0 Å². The van der Waals surface area contributed by atoms with E-state index in [1.807, 2.05) is 0 Å². The van der Waals surface area contributed by atoms with E-state index >= 15 is 0 Å². The van der Waals surface area contributed by atoms with Gasteiger partial charge in [-0.15, -0.1) is 0 Å². The van der Waals surface area contributed by atoms with E-state index in [1.165, 1.54) is 0 Å². The van der Waals surface area contributed by atoms with Crippen LogP contribution in [0.3, 0.4) is 0 Å². The summed E-state index contributed by atoms with van der Waals surface area (Å²) in [6, 6.07) is 0. The number of hydrogen-bond acceptors (Lipinski definition) is 0. The molecule has 0 aromatic heterocycles. The Morgan fingerprint density at radius 1 is 0.231 bits per heavy atom. The van der Waals surface area contributed by atoms with Gasteiger partial charge in [-0.2, -0.15) is 0 Å². The van der Waals surface area contributed by atoms with E-state index in [2.05, 4.69) is 0 Å². The van der Waals surface area contributed by atoms with Gasteiger partial charge in [0.2, 0.25) is 0 Å². The summed E-state index contributed by atoms with van der Waals surface area (Å²) in [6.45, 7) is 0. The topological polar surface area (TPSA) is 256 Å². The molecule has 0 amide bonds. The Hall–Kier alpha value is 3.67. The minimum absolute atomic E-state index is 0.